The van der Waals surface area contributed by atoms with E-state index in [-0.39, 0.29) is 17.4 Å². The Balaban J connectivity index is 2.10. The summed E-state index contributed by atoms with van der Waals surface area (Å²) in [6, 6.07) is 2.86. The fourth-order valence-electron chi connectivity index (χ4n) is 2.14. The average Bonchev–Trinajstić information content (AvgIpc) is 2.38. The molecule has 2 heterocycles. The van der Waals surface area contributed by atoms with E-state index in [1.54, 1.807) is 0 Å². The van der Waals surface area contributed by atoms with E-state index in [1.165, 1.54) is 12.1 Å². The molecule has 8 heteroatoms. The molecule has 1 saturated heterocycles. The van der Waals surface area contributed by atoms with Crippen molar-refractivity contribution in [2.45, 2.75) is 12.8 Å². The number of nitrogens with two attached hydrogens (primary N) is 1. The topological polar surface area (TPSA) is 123 Å². The van der Waals surface area contributed by atoms with Crippen LogP contribution in [0.4, 0.5) is 17.3 Å². The largest absolute Gasteiger partial charge is 0.481 e. The summed E-state index contributed by atoms with van der Waals surface area (Å²) in [6.45, 7) is 1.11. The fourth-order valence-corrected chi connectivity index (χ4v) is 2.14. The van der Waals surface area contributed by atoms with Crippen molar-refractivity contribution < 1.29 is 14.8 Å². The van der Waals surface area contributed by atoms with E-state index in [0.717, 1.165) is 0 Å². The lowest BCUT2D eigenvalue weighted by molar-refractivity contribution is -0.384. The number of nitrogen functional groups attached to an aromatic ring is 1. The van der Waals surface area contributed by atoms with Gasteiger partial charge in [-0.1, -0.05) is 0 Å². The summed E-state index contributed by atoms with van der Waals surface area (Å²) in [5.74, 6) is -0.683. The molecule has 8 nitrogen and oxygen atoms in total. The lowest BCUT2D eigenvalue weighted by Gasteiger charge is -2.30. The van der Waals surface area contributed by atoms with Crippen LogP contribution in [0, 0.1) is 16.0 Å². The first-order valence-corrected chi connectivity index (χ1v) is 5.87. The van der Waals surface area contributed by atoms with Crippen LogP contribution in [0.3, 0.4) is 0 Å². The number of carbonyl (C=O) groups is 1. The van der Waals surface area contributed by atoms with Gasteiger partial charge in [0.1, 0.15) is 5.82 Å². The third-order valence-corrected chi connectivity index (χ3v) is 3.25. The molecule has 0 aromatic carbocycles. The summed E-state index contributed by atoms with van der Waals surface area (Å²) in [7, 11) is 0. The molecule has 0 spiro atoms. The van der Waals surface area contributed by atoms with Gasteiger partial charge in [0.2, 0.25) is 5.82 Å². The molecule has 3 N–H and O–H groups in total. The van der Waals surface area contributed by atoms with Crippen LogP contribution in [-0.2, 0) is 4.79 Å². The molecular formula is C11H14N4O4. The minimum atomic E-state index is -0.782. The van der Waals surface area contributed by atoms with Crippen LogP contribution in [0.1, 0.15) is 12.8 Å². The summed E-state index contributed by atoms with van der Waals surface area (Å²) < 4.78 is 0. The number of hydrogen-bond donors (Lipinski definition) is 2. The molecule has 102 valence electrons. The smallest absolute Gasteiger partial charge is 0.311 e. The van der Waals surface area contributed by atoms with E-state index in [1.807, 2.05) is 4.90 Å². The van der Waals surface area contributed by atoms with Crippen LogP contribution in [0.2, 0.25) is 0 Å². The van der Waals surface area contributed by atoms with Gasteiger partial charge in [0.05, 0.1) is 10.8 Å². The number of carboxylic acids is 1. The summed E-state index contributed by atoms with van der Waals surface area (Å²) in [5, 5.41) is 19.5. The molecule has 19 heavy (non-hydrogen) atoms. The molecule has 1 aromatic heterocycles. The Bertz CT molecular complexity index is 511. The molecule has 1 aliphatic rings. The van der Waals surface area contributed by atoms with Crippen molar-refractivity contribution in [1.29, 1.82) is 0 Å². The second-order valence-corrected chi connectivity index (χ2v) is 4.43. The number of hydrogen-bond acceptors (Lipinski definition) is 6. The van der Waals surface area contributed by atoms with Crippen molar-refractivity contribution in [1.82, 2.24) is 4.98 Å². The minimum absolute atomic E-state index is 0.122. The predicted octanol–water partition coefficient (Wildman–Crippen LogP) is 0.873. The second-order valence-electron chi connectivity index (χ2n) is 4.43. The predicted molar refractivity (Wildman–Crippen MR) is 67.9 cm³/mol. The maximum absolute atomic E-state index is 10.8. The van der Waals surface area contributed by atoms with Gasteiger partial charge >= 0.3 is 11.7 Å². The van der Waals surface area contributed by atoms with Crippen molar-refractivity contribution in [3.05, 3.63) is 22.2 Å². The Hall–Kier alpha value is -2.38. The number of carboxylic acid groups (broad SMARTS) is 1. The molecule has 1 aromatic rings. The number of rotatable bonds is 3. The first kappa shape index (κ1) is 13.1. The number of nitro groups is 1. The van der Waals surface area contributed by atoms with Gasteiger partial charge in [-0.25, -0.2) is 4.98 Å². The zero-order valence-corrected chi connectivity index (χ0v) is 10.2. The van der Waals surface area contributed by atoms with Crippen molar-refractivity contribution in [2.75, 3.05) is 23.7 Å². The zero-order valence-electron chi connectivity index (χ0n) is 10.2. The molecule has 1 fully saturated rings. The maximum Gasteiger partial charge on any atom is 0.311 e. The van der Waals surface area contributed by atoms with Crippen molar-refractivity contribution in [3.63, 3.8) is 0 Å². The monoisotopic (exact) mass is 266 g/mol. The van der Waals surface area contributed by atoms with Gasteiger partial charge in [-0.3, -0.25) is 14.9 Å². The van der Waals surface area contributed by atoms with Gasteiger partial charge in [-0.05, 0) is 18.9 Å². The first-order chi connectivity index (χ1) is 8.99. The lowest BCUT2D eigenvalue weighted by Crippen LogP contribution is -2.36. The Morgan fingerprint density at radius 1 is 1.47 bits per heavy atom. The van der Waals surface area contributed by atoms with Crippen LogP contribution >= 0.6 is 0 Å². The van der Waals surface area contributed by atoms with Gasteiger partial charge in [0.15, 0.2) is 0 Å². The molecule has 0 unspecified atom stereocenters. The number of aromatic nitrogens is 1. The highest BCUT2D eigenvalue weighted by molar-refractivity contribution is 5.70. The van der Waals surface area contributed by atoms with E-state index in [9.17, 15) is 14.9 Å². The van der Waals surface area contributed by atoms with Crippen LogP contribution < -0.4 is 10.6 Å². The fraction of sp³-hybridized carbons (Fsp3) is 0.455. The molecular weight excluding hydrogens is 252 g/mol. The molecule has 0 saturated carbocycles. The first-order valence-electron chi connectivity index (χ1n) is 5.87. The molecule has 0 aliphatic carbocycles. The van der Waals surface area contributed by atoms with Gasteiger partial charge < -0.3 is 15.7 Å². The van der Waals surface area contributed by atoms with Gasteiger partial charge in [0.25, 0.3) is 0 Å². The molecule has 0 bridgehead atoms. The van der Waals surface area contributed by atoms with Crippen molar-refractivity contribution in [2.24, 2.45) is 5.92 Å². The Kier molecular flexibility index (Phi) is 3.50. The number of piperidine rings is 1. The lowest BCUT2D eigenvalue weighted by atomic mass is 9.97. The molecule has 2 rings (SSSR count). The highest BCUT2D eigenvalue weighted by Gasteiger charge is 2.25. The SMILES string of the molecule is Nc1nc(N2CCC(C(=O)O)CC2)ccc1[N+](=O)[O-]. The van der Waals surface area contributed by atoms with E-state index < -0.39 is 10.9 Å². The zero-order chi connectivity index (χ0) is 14.0. The van der Waals surface area contributed by atoms with Crippen LogP contribution in [0.25, 0.3) is 0 Å². The van der Waals surface area contributed by atoms with Gasteiger partial charge in [-0.15, -0.1) is 0 Å². The average molecular weight is 266 g/mol. The third-order valence-electron chi connectivity index (χ3n) is 3.25. The second kappa shape index (κ2) is 5.09. The number of nitrogens with zero attached hydrogens (tertiary/aromatic N) is 3. The Labute approximate surface area is 109 Å². The standard InChI is InChI=1S/C11H14N4O4/c12-10-8(15(18)19)1-2-9(13-10)14-5-3-7(4-6-14)11(16)17/h1-2,7H,3-6H2,(H2,12,13)(H,16,17). The third kappa shape index (κ3) is 2.72. The highest BCUT2D eigenvalue weighted by atomic mass is 16.6. The van der Waals surface area contributed by atoms with E-state index >= 15 is 0 Å². The number of aliphatic carboxylic acids is 1. The van der Waals surface area contributed by atoms with Crippen molar-refractivity contribution >= 4 is 23.3 Å². The van der Waals surface area contributed by atoms with Crippen molar-refractivity contribution in [3.8, 4) is 0 Å². The minimum Gasteiger partial charge on any atom is -0.481 e. The summed E-state index contributed by atoms with van der Waals surface area (Å²) in [5.41, 5.74) is 5.31. The number of pyridine rings is 1. The number of anilines is 2. The normalized spacial score (nSPS) is 16.3. The molecule has 0 atom stereocenters. The van der Waals surface area contributed by atoms with E-state index in [4.69, 9.17) is 10.8 Å². The van der Waals surface area contributed by atoms with Gasteiger partial charge in [0, 0.05) is 19.2 Å². The summed E-state index contributed by atoms with van der Waals surface area (Å²) in [6.07, 6.45) is 1.07. The maximum atomic E-state index is 10.8. The Morgan fingerprint density at radius 3 is 2.58 bits per heavy atom. The molecule has 1 aliphatic heterocycles. The molecule has 0 radical (unpaired) electrons. The van der Waals surface area contributed by atoms with E-state index in [0.29, 0.717) is 31.7 Å². The Morgan fingerprint density at radius 2 is 2.11 bits per heavy atom. The quantitative estimate of drug-likeness (QED) is 0.614. The summed E-state index contributed by atoms with van der Waals surface area (Å²) >= 11 is 0. The highest BCUT2D eigenvalue weighted by Crippen LogP contribution is 2.26. The summed E-state index contributed by atoms with van der Waals surface area (Å²) in [4.78, 5) is 26.8. The van der Waals surface area contributed by atoms with Gasteiger partial charge in [-0.2, -0.15) is 0 Å². The van der Waals surface area contributed by atoms with E-state index in [2.05, 4.69) is 4.98 Å². The van der Waals surface area contributed by atoms with Crippen LogP contribution in [0.5, 0.6) is 0 Å². The van der Waals surface area contributed by atoms with Crippen LogP contribution in [0.15, 0.2) is 12.1 Å². The van der Waals surface area contributed by atoms with Crippen LogP contribution in [-0.4, -0.2) is 34.1 Å². The molecule has 0 amide bonds.